The van der Waals surface area contributed by atoms with E-state index in [1.807, 2.05) is 24.3 Å². The fourth-order valence-corrected chi connectivity index (χ4v) is 3.66. The molecule has 1 amide bonds. The average Bonchev–Trinajstić information content (AvgIpc) is 2.94. The number of rotatable bonds is 3. The fraction of sp³-hybridized carbons (Fsp3) is 0.273. The summed E-state index contributed by atoms with van der Waals surface area (Å²) in [6, 6.07) is 15.6. The number of nitrogens with zero attached hydrogens (tertiary/aromatic N) is 2. The first-order valence-corrected chi connectivity index (χ1v) is 9.48. The Morgan fingerprint density at radius 1 is 1.00 bits per heavy atom. The molecule has 0 spiro atoms. The standard InChI is InChI=1S/C22H22FN3O2/c23-18-8-6-16(7-9-18)15-25-10-3-11-26(13-12-25)22(28)19-14-17-4-1-2-5-20(17)24-21(19)27/h1-2,4-9,14H,3,10-13,15H2,(H,24,27). The van der Waals surface area contributed by atoms with Crippen LogP contribution in [0.25, 0.3) is 10.9 Å². The smallest absolute Gasteiger partial charge is 0.261 e. The third-order valence-corrected chi connectivity index (χ3v) is 5.18. The molecule has 1 N–H and O–H groups in total. The van der Waals surface area contributed by atoms with E-state index in [9.17, 15) is 14.0 Å². The van der Waals surface area contributed by atoms with Gasteiger partial charge >= 0.3 is 0 Å². The zero-order chi connectivity index (χ0) is 19.5. The zero-order valence-corrected chi connectivity index (χ0v) is 15.5. The predicted octanol–water partition coefficient (Wildman–Crippen LogP) is 3.02. The molecule has 144 valence electrons. The van der Waals surface area contributed by atoms with Crippen molar-refractivity contribution >= 4 is 16.8 Å². The molecule has 1 aliphatic heterocycles. The number of hydrogen-bond acceptors (Lipinski definition) is 3. The Morgan fingerprint density at radius 3 is 2.61 bits per heavy atom. The summed E-state index contributed by atoms with van der Waals surface area (Å²) >= 11 is 0. The van der Waals surface area contributed by atoms with Crippen LogP contribution in [0.4, 0.5) is 4.39 Å². The minimum Gasteiger partial charge on any atom is -0.337 e. The van der Waals surface area contributed by atoms with Gasteiger partial charge in [-0.25, -0.2) is 4.39 Å². The van der Waals surface area contributed by atoms with Gasteiger partial charge in [0, 0.05) is 38.2 Å². The van der Waals surface area contributed by atoms with E-state index in [0.29, 0.717) is 19.6 Å². The first kappa shape index (κ1) is 18.4. The van der Waals surface area contributed by atoms with Crippen LogP contribution in [0.1, 0.15) is 22.3 Å². The molecule has 1 aromatic heterocycles. The van der Waals surface area contributed by atoms with E-state index < -0.39 is 0 Å². The molecule has 1 aliphatic rings. The van der Waals surface area contributed by atoms with Crippen molar-refractivity contribution in [1.29, 1.82) is 0 Å². The number of benzene rings is 2. The van der Waals surface area contributed by atoms with Crippen molar-refractivity contribution < 1.29 is 9.18 Å². The Hall–Kier alpha value is -2.99. The summed E-state index contributed by atoms with van der Waals surface area (Å²) in [6.45, 7) is 3.47. The van der Waals surface area contributed by atoms with Gasteiger partial charge in [0.1, 0.15) is 11.4 Å². The number of carbonyl (C=O) groups is 1. The molecular weight excluding hydrogens is 357 g/mol. The van der Waals surface area contributed by atoms with Gasteiger partial charge in [0.2, 0.25) is 0 Å². The van der Waals surface area contributed by atoms with Gasteiger partial charge in [-0.2, -0.15) is 0 Å². The molecule has 1 fully saturated rings. The Labute approximate surface area is 162 Å². The van der Waals surface area contributed by atoms with Gasteiger partial charge < -0.3 is 9.88 Å². The van der Waals surface area contributed by atoms with Crippen LogP contribution in [0.15, 0.2) is 59.4 Å². The normalized spacial score (nSPS) is 15.5. The molecule has 0 aliphatic carbocycles. The maximum atomic E-state index is 13.1. The second-order valence-electron chi connectivity index (χ2n) is 7.15. The molecule has 28 heavy (non-hydrogen) atoms. The highest BCUT2D eigenvalue weighted by molar-refractivity contribution is 5.97. The fourth-order valence-electron chi connectivity index (χ4n) is 3.66. The third-order valence-electron chi connectivity index (χ3n) is 5.18. The molecule has 6 heteroatoms. The van der Waals surface area contributed by atoms with E-state index in [2.05, 4.69) is 9.88 Å². The van der Waals surface area contributed by atoms with Crippen LogP contribution >= 0.6 is 0 Å². The number of H-pyrrole nitrogens is 1. The van der Waals surface area contributed by atoms with Crippen molar-refractivity contribution in [3.8, 4) is 0 Å². The minimum atomic E-state index is -0.351. The highest BCUT2D eigenvalue weighted by Crippen LogP contribution is 2.14. The van der Waals surface area contributed by atoms with Gasteiger partial charge in [0.05, 0.1) is 0 Å². The molecule has 2 heterocycles. The van der Waals surface area contributed by atoms with E-state index in [1.54, 1.807) is 23.1 Å². The van der Waals surface area contributed by atoms with Crippen molar-refractivity contribution in [2.45, 2.75) is 13.0 Å². The largest absolute Gasteiger partial charge is 0.337 e. The maximum Gasteiger partial charge on any atom is 0.261 e. The molecule has 0 unspecified atom stereocenters. The summed E-state index contributed by atoms with van der Waals surface area (Å²) in [7, 11) is 0. The van der Waals surface area contributed by atoms with Crippen LogP contribution in [0.3, 0.4) is 0 Å². The van der Waals surface area contributed by atoms with Gasteiger partial charge in [-0.3, -0.25) is 14.5 Å². The van der Waals surface area contributed by atoms with Crippen molar-refractivity contribution in [3.05, 3.63) is 81.9 Å². The molecule has 0 atom stereocenters. The van der Waals surface area contributed by atoms with Gasteiger partial charge in [-0.05, 0) is 41.6 Å². The summed E-state index contributed by atoms with van der Waals surface area (Å²) in [4.78, 5) is 32.2. The summed E-state index contributed by atoms with van der Waals surface area (Å²) < 4.78 is 13.1. The van der Waals surface area contributed by atoms with Crippen molar-refractivity contribution in [2.75, 3.05) is 26.2 Å². The Morgan fingerprint density at radius 2 is 1.79 bits per heavy atom. The molecule has 4 rings (SSSR count). The van der Waals surface area contributed by atoms with Crippen LogP contribution in [0.2, 0.25) is 0 Å². The molecular formula is C22H22FN3O2. The number of pyridine rings is 1. The number of para-hydroxylation sites is 1. The lowest BCUT2D eigenvalue weighted by molar-refractivity contribution is 0.0759. The second-order valence-corrected chi connectivity index (χ2v) is 7.15. The van der Waals surface area contributed by atoms with Crippen LogP contribution < -0.4 is 5.56 Å². The Kier molecular flexibility index (Phi) is 5.21. The van der Waals surface area contributed by atoms with Gasteiger partial charge in [0.15, 0.2) is 0 Å². The summed E-state index contributed by atoms with van der Waals surface area (Å²) in [6.07, 6.45) is 0.832. The van der Waals surface area contributed by atoms with E-state index >= 15 is 0 Å². The first-order chi connectivity index (χ1) is 13.6. The first-order valence-electron chi connectivity index (χ1n) is 9.48. The number of halogens is 1. The lowest BCUT2D eigenvalue weighted by atomic mass is 10.1. The average molecular weight is 379 g/mol. The van der Waals surface area contributed by atoms with E-state index in [1.165, 1.54) is 12.1 Å². The predicted molar refractivity (Wildman–Crippen MR) is 107 cm³/mol. The maximum absolute atomic E-state index is 13.1. The Balaban J connectivity index is 1.46. The molecule has 0 radical (unpaired) electrons. The quantitative estimate of drug-likeness (QED) is 0.761. The van der Waals surface area contributed by atoms with Gasteiger partial charge in [-0.15, -0.1) is 0 Å². The monoisotopic (exact) mass is 379 g/mol. The molecule has 1 saturated heterocycles. The Bertz CT molecular complexity index is 1050. The molecule has 3 aromatic rings. The van der Waals surface area contributed by atoms with Crippen LogP contribution in [-0.4, -0.2) is 46.9 Å². The lowest BCUT2D eigenvalue weighted by Gasteiger charge is -2.22. The van der Waals surface area contributed by atoms with Crippen molar-refractivity contribution in [1.82, 2.24) is 14.8 Å². The van der Waals surface area contributed by atoms with E-state index in [0.717, 1.165) is 36.0 Å². The van der Waals surface area contributed by atoms with E-state index in [-0.39, 0.29) is 22.8 Å². The van der Waals surface area contributed by atoms with Gasteiger partial charge in [-0.1, -0.05) is 30.3 Å². The number of hydrogen-bond donors (Lipinski definition) is 1. The number of aromatic amines is 1. The number of amides is 1. The summed E-state index contributed by atoms with van der Waals surface area (Å²) in [5.74, 6) is -0.465. The molecule has 0 bridgehead atoms. The summed E-state index contributed by atoms with van der Waals surface area (Å²) in [5, 5.41) is 0.846. The molecule has 2 aromatic carbocycles. The molecule has 5 nitrogen and oxygen atoms in total. The lowest BCUT2D eigenvalue weighted by Crippen LogP contribution is -2.37. The number of nitrogens with one attached hydrogen (secondary N) is 1. The summed E-state index contributed by atoms with van der Waals surface area (Å²) in [5.41, 5.74) is 1.61. The van der Waals surface area contributed by atoms with E-state index in [4.69, 9.17) is 0 Å². The highest BCUT2D eigenvalue weighted by Gasteiger charge is 2.22. The number of fused-ring (bicyclic) bond motifs is 1. The van der Waals surface area contributed by atoms with Crippen LogP contribution in [0, 0.1) is 5.82 Å². The second kappa shape index (κ2) is 7.94. The van der Waals surface area contributed by atoms with Crippen LogP contribution in [0.5, 0.6) is 0 Å². The number of carbonyl (C=O) groups excluding carboxylic acids is 1. The third kappa shape index (κ3) is 3.97. The highest BCUT2D eigenvalue weighted by atomic mass is 19.1. The van der Waals surface area contributed by atoms with Crippen molar-refractivity contribution in [2.24, 2.45) is 0 Å². The van der Waals surface area contributed by atoms with Crippen molar-refractivity contribution in [3.63, 3.8) is 0 Å². The molecule has 0 saturated carbocycles. The minimum absolute atomic E-state index is 0.186. The zero-order valence-electron chi connectivity index (χ0n) is 15.5. The van der Waals surface area contributed by atoms with Gasteiger partial charge in [0.25, 0.3) is 11.5 Å². The number of aromatic nitrogens is 1. The van der Waals surface area contributed by atoms with Crippen LogP contribution in [-0.2, 0) is 6.54 Å². The SMILES string of the molecule is O=C(c1cc2ccccc2[nH]c1=O)N1CCCN(Cc2ccc(F)cc2)CC1. The topological polar surface area (TPSA) is 56.4 Å².